The van der Waals surface area contributed by atoms with E-state index in [0.29, 0.717) is 2.44 Å². The second-order valence-corrected chi connectivity index (χ2v) is 14.5. The molecule has 0 fully saturated rings. The van der Waals surface area contributed by atoms with E-state index >= 15 is 0 Å². The molecular formula is C10H12O6PbS. The Balaban J connectivity index is 3.19. The van der Waals surface area contributed by atoms with Crippen molar-refractivity contribution in [3.63, 3.8) is 0 Å². The van der Waals surface area contributed by atoms with Crippen LogP contribution in [0, 0.1) is 0 Å². The van der Waals surface area contributed by atoms with Crippen LogP contribution in [0.15, 0.2) is 17.5 Å². The minimum atomic E-state index is -4.86. The summed E-state index contributed by atoms with van der Waals surface area (Å²) in [7, 11) is 0. The third-order valence-electron chi connectivity index (χ3n) is 1.66. The van der Waals surface area contributed by atoms with Crippen molar-refractivity contribution in [2.75, 3.05) is 0 Å². The van der Waals surface area contributed by atoms with E-state index < -0.39 is 40.4 Å². The van der Waals surface area contributed by atoms with Gasteiger partial charge in [-0.3, -0.25) is 0 Å². The molecule has 0 radical (unpaired) electrons. The van der Waals surface area contributed by atoms with Gasteiger partial charge in [0.05, 0.1) is 0 Å². The van der Waals surface area contributed by atoms with Crippen LogP contribution in [-0.2, 0) is 22.4 Å². The molecular weight excluding hydrogens is 455 g/mol. The van der Waals surface area contributed by atoms with Gasteiger partial charge in [0, 0.05) is 0 Å². The third kappa shape index (κ3) is 4.05. The Morgan fingerprint density at radius 1 is 1.00 bits per heavy atom. The van der Waals surface area contributed by atoms with Gasteiger partial charge >= 0.3 is 115 Å². The molecule has 0 aliphatic carbocycles. The van der Waals surface area contributed by atoms with Gasteiger partial charge in [0.2, 0.25) is 0 Å². The Kier molecular flexibility index (Phi) is 5.26. The molecule has 0 spiro atoms. The molecule has 0 saturated carbocycles. The molecule has 0 bridgehead atoms. The first kappa shape index (κ1) is 15.1. The second kappa shape index (κ2) is 6.27. The maximum absolute atomic E-state index is 11.2. The molecule has 98 valence electrons. The summed E-state index contributed by atoms with van der Waals surface area (Å²) in [6, 6.07) is 3.33. The van der Waals surface area contributed by atoms with Gasteiger partial charge in [-0.05, 0) is 0 Å². The maximum atomic E-state index is 11.2. The average molecular weight is 467 g/mol. The van der Waals surface area contributed by atoms with Crippen molar-refractivity contribution in [3.05, 3.63) is 17.5 Å². The zero-order valence-electron chi connectivity index (χ0n) is 10.1. The van der Waals surface area contributed by atoms with Gasteiger partial charge in [0.25, 0.3) is 0 Å². The quantitative estimate of drug-likeness (QED) is 0.603. The molecule has 0 unspecified atom stereocenters. The Bertz CT molecular complexity index is 414. The number of thiophene rings is 1. The van der Waals surface area contributed by atoms with Crippen LogP contribution in [0.25, 0.3) is 0 Å². The molecule has 1 aromatic rings. The van der Waals surface area contributed by atoms with Gasteiger partial charge < -0.3 is 0 Å². The standard InChI is InChI=1S/C4H3S.3C2H4O2.Pb/c1-2-4-5-3-1;3*1-2(3)4;/h1-3H;3*1H3,(H,3,4);/q;;;;+3/p-3. The zero-order valence-corrected chi connectivity index (χ0v) is 14.8. The number of hydrogen-bond acceptors (Lipinski definition) is 7. The molecule has 1 aromatic heterocycles. The van der Waals surface area contributed by atoms with Crippen LogP contribution < -0.4 is 2.44 Å². The van der Waals surface area contributed by atoms with Gasteiger partial charge in [-0.25, -0.2) is 0 Å². The van der Waals surface area contributed by atoms with Crippen LogP contribution in [0.4, 0.5) is 0 Å². The molecule has 0 aliphatic rings. The van der Waals surface area contributed by atoms with Crippen molar-refractivity contribution >= 4 is 54.2 Å². The molecule has 8 heteroatoms. The fourth-order valence-corrected chi connectivity index (χ4v) is 12.7. The van der Waals surface area contributed by atoms with Crippen LogP contribution in [0.3, 0.4) is 0 Å². The fourth-order valence-electron chi connectivity index (χ4n) is 1.23. The second-order valence-electron chi connectivity index (χ2n) is 3.31. The summed E-state index contributed by atoms with van der Waals surface area (Å²) in [6.45, 7) is 3.53. The van der Waals surface area contributed by atoms with E-state index in [1.54, 1.807) is 17.5 Å². The van der Waals surface area contributed by atoms with Crippen molar-refractivity contribution in [1.82, 2.24) is 0 Å². The number of carbonyl (C=O) groups excluding carboxylic acids is 3. The van der Waals surface area contributed by atoms with Crippen LogP contribution >= 0.6 is 11.3 Å². The van der Waals surface area contributed by atoms with Crippen molar-refractivity contribution in [3.8, 4) is 0 Å². The summed E-state index contributed by atoms with van der Waals surface area (Å²) in [6.07, 6.45) is 0. The number of rotatable bonds is 4. The molecule has 0 atom stereocenters. The number of hydrogen-bond donors (Lipinski definition) is 0. The predicted octanol–water partition coefficient (Wildman–Crippen LogP) is 0.583. The molecule has 1 heterocycles. The molecule has 6 nitrogen and oxygen atoms in total. The van der Waals surface area contributed by atoms with Gasteiger partial charge in [-0.1, -0.05) is 0 Å². The molecule has 0 aromatic carbocycles. The minimum absolute atomic E-state index is 0.503. The van der Waals surface area contributed by atoms with E-state index in [-0.39, 0.29) is 0 Å². The average Bonchev–Trinajstić information content (AvgIpc) is 2.65. The summed E-state index contributed by atoms with van der Waals surface area (Å²) >= 11 is -3.63. The Hall–Kier alpha value is -0.968. The van der Waals surface area contributed by atoms with Gasteiger partial charge in [0.15, 0.2) is 0 Å². The SMILES string of the molecule is CC(=O)[O][Pb]([O]C(C)=O)([O]C(C)=O)[c]1cccs1. The molecule has 0 amide bonds. The first-order chi connectivity index (χ1) is 8.35. The number of carbonyl (C=O) groups is 3. The van der Waals surface area contributed by atoms with E-state index in [4.69, 9.17) is 8.06 Å². The first-order valence-corrected chi connectivity index (χ1v) is 12.6. The van der Waals surface area contributed by atoms with Crippen molar-refractivity contribution in [2.45, 2.75) is 20.8 Å². The van der Waals surface area contributed by atoms with E-state index in [9.17, 15) is 14.4 Å². The molecule has 1 rings (SSSR count). The van der Waals surface area contributed by atoms with E-state index in [2.05, 4.69) is 0 Å². The van der Waals surface area contributed by atoms with Crippen molar-refractivity contribution < 1.29 is 22.4 Å². The van der Waals surface area contributed by atoms with E-state index in [0.717, 1.165) is 0 Å². The summed E-state index contributed by atoms with van der Waals surface area (Å²) in [5.41, 5.74) is 0. The fraction of sp³-hybridized carbons (Fsp3) is 0.300. The van der Waals surface area contributed by atoms with Crippen LogP contribution in [-0.4, -0.2) is 40.4 Å². The predicted molar refractivity (Wildman–Crippen MR) is 65.0 cm³/mol. The van der Waals surface area contributed by atoms with Crippen LogP contribution in [0.5, 0.6) is 0 Å². The van der Waals surface area contributed by atoms with E-state index in [1.165, 1.54) is 32.1 Å². The zero-order chi connectivity index (χ0) is 13.8. The van der Waals surface area contributed by atoms with Crippen molar-refractivity contribution in [2.24, 2.45) is 0 Å². The van der Waals surface area contributed by atoms with Crippen LogP contribution in [0.1, 0.15) is 20.8 Å². The van der Waals surface area contributed by atoms with Gasteiger partial charge in [-0.2, -0.15) is 0 Å². The normalized spacial score (nSPS) is 10.6. The molecule has 18 heavy (non-hydrogen) atoms. The summed E-state index contributed by atoms with van der Waals surface area (Å²) in [5.74, 6) is -1.94. The van der Waals surface area contributed by atoms with Gasteiger partial charge in [0.1, 0.15) is 0 Å². The Morgan fingerprint density at radius 3 is 1.72 bits per heavy atom. The summed E-state index contributed by atoms with van der Waals surface area (Å²) < 4.78 is 15.8. The molecule has 0 aliphatic heterocycles. The Morgan fingerprint density at radius 2 is 1.44 bits per heavy atom. The topological polar surface area (TPSA) is 78.9 Å². The first-order valence-electron chi connectivity index (χ1n) is 4.98. The summed E-state index contributed by atoms with van der Waals surface area (Å²) in [5, 5.41) is 1.72. The Labute approximate surface area is 114 Å². The summed E-state index contributed by atoms with van der Waals surface area (Å²) in [4.78, 5) is 33.5. The third-order valence-corrected chi connectivity index (χ3v) is 15.4. The molecule has 0 N–H and O–H groups in total. The van der Waals surface area contributed by atoms with Gasteiger partial charge in [-0.15, -0.1) is 0 Å². The van der Waals surface area contributed by atoms with Crippen LogP contribution in [0.2, 0.25) is 0 Å². The van der Waals surface area contributed by atoms with Crippen molar-refractivity contribution in [1.29, 1.82) is 0 Å². The monoisotopic (exact) mass is 468 g/mol. The molecule has 0 saturated heterocycles. The van der Waals surface area contributed by atoms with E-state index in [1.807, 2.05) is 0 Å².